The SMILES string of the molecule is COC(=O)c1cccc(NC(=O)CCc2nc(-c3ccncc3)no2)c1. The number of benzene rings is 1. The zero-order chi connectivity index (χ0) is 18.4. The first kappa shape index (κ1) is 17.3. The van der Waals surface area contributed by atoms with Gasteiger partial charge >= 0.3 is 5.97 Å². The van der Waals surface area contributed by atoms with E-state index in [-0.39, 0.29) is 12.3 Å². The van der Waals surface area contributed by atoms with E-state index in [2.05, 4.69) is 25.2 Å². The minimum Gasteiger partial charge on any atom is -0.465 e. The van der Waals surface area contributed by atoms with E-state index >= 15 is 0 Å². The van der Waals surface area contributed by atoms with Gasteiger partial charge in [-0.05, 0) is 30.3 Å². The topological polar surface area (TPSA) is 107 Å². The number of hydrogen-bond donors (Lipinski definition) is 1. The molecule has 0 atom stereocenters. The minimum absolute atomic E-state index is 0.167. The molecule has 2 heterocycles. The Morgan fingerprint density at radius 3 is 2.77 bits per heavy atom. The number of methoxy groups -OCH3 is 1. The molecule has 0 saturated heterocycles. The Bertz CT molecular complexity index is 908. The van der Waals surface area contributed by atoms with Crippen LogP contribution in [-0.2, 0) is 16.0 Å². The van der Waals surface area contributed by atoms with Gasteiger partial charge in [-0.3, -0.25) is 9.78 Å². The molecular formula is C18H16N4O4. The van der Waals surface area contributed by atoms with Gasteiger partial charge in [0.05, 0.1) is 12.7 Å². The first-order valence-electron chi connectivity index (χ1n) is 7.87. The lowest BCUT2D eigenvalue weighted by atomic mass is 10.2. The summed E-state index contributed by atoms with van der Waals surface area (Å²) in [6.45, 7) is 0. The van der Waals surface area contributed by atoms with Crippen molar-refractivity contribution >= 4 is 17.6 Å². The molecule has 0 spiro atoms. The third-order valence-electron chi connectivity index (χ3n) is 3.54. The number of nitrogens with one attached hydrogen (secondary N) is 1. The van der Waals surface area contributed by atoms with Crippen molar-refractivity contribution in [3.8, 4) is 11.4 Å². The van der Waals surface area contributed by atoms with Crippen LogP contribution in [-0.4, -0.2) is 34.1 Å². The first-order chi connectivity index (χ1) is 12.7. The molecule has 0 aliphatic heterocycles. The smallest absolute Gasteiger partial charge is 0.337 e. The molecule has 132 valence electrons. The summed E-state index contributed by atoms with van der Waals surface area (Å²) >= 11 is 0. The molecule has 3 rings (SSSR count). The van der Waals surface area contributed by atoms with Crippen molar-refractivity contribution < 1.29 is 18.8 Å². The molecule has 0 bridgehead atoms. The second-order valence-electron chi connectivity index (χ2n) is 5.37. The lowest BCUT2D eigenvalue weighted by Gasteiger charge is -2.06. The molecule has 8 heteroatoms. The summed E-state index contributed by atoms with van der Waals surface area (Å²) in [5.41, 5.74) is 1.67. The number of esters is 1. The molecule has 0 saturated carbocycles. The highest BCUT2D eigenvalue weighted by Crippen LogP contribution is 2.15. The highest BCUT2D eigenvalue weighted by molar-refractivity contribution is 5.94. The van der Waals surface area contributed by atoms with Gasteiger partial charge in [-0.25, -0.2) is 4.79 Å². The predicted molar refractivity (Wildman–Crippen MR) is 92.3 cm³/mol. The number of ether oxygens (including phenoxy) is 1. The van der Waals surface area contributed by atoms with Crippen LogP contribution in [0.2, 0.25) is 0 Å². The number of nitrogens with zero attached hydrogens (tertiary/aromatic N) is 3. The molecule has 3 aromatic rings. The average molecular weight is 352 g/mol. The number of aryl methyl sites for hydroxylation is 1. The van der Waals surface area contributed by atoms with Crippen molar-refractivity contribution in [2.45, 2.75) is 12.8 Å². The monoisotopic (exact) mass is 352 g/mol. The Labute approximate surface area is 149 Å². The molecule has 1 aromatic carbocycles. The van der Waals surface area contributed by atoms with Gasteiger partial charge in [0.1, 0.15) is 0 Å². The number of carbonyl (C=O) groups is 2. The first-order valence-corrected chi connectivity index (χ1v) is 7.87. The van der Waals surface area contributed by atoms with Crippen LogP contribution in [0.5, 0.6) is 0 Å². The van der Waals surface area contributed by atoms with Crippen molar-refractivity contribution in [1.82, 2.24) is 15.1 Å². The number of carbonyl (C=O) groups excluding carboxylic acids is 2. The van der Waals surface area contributed by atoms with E-state index in [0.29, 0.717) is 29.4 Å². The summed E-state index contributed by atoms with van der Waals surface area (Å²) in [5, 5.41) is 6.62. The summed E-state index contributed by atoms with van der Waals surface area (Å²) < 4.78 is 9.82. The lowest BCUT2D eigenvalue weighted by Crippen LogP contribution is -2.13. The second kappa shape index (κ2) is 8.02. The standard InChI is InChI=1S/C18H16N4O4/c1-25-18(24)13-3-2-4-14(11-13)20-15(23)5-6-16-21-17(22-26-16)12-7-9-19-10-8-12/h2-4,7-11H,5-6H2,1H3,(H,20,23). The summed E-state index contributed by atoms with van der Waals surface area (Å²) in [6.07, 6.45) is 3.75. The molecule has 1 amide bonds. The minimum atomic E-state index is -0.462. The fourth-order valence-electron chi connectivity index (χ4n) is 2.26. The van der Waals surface area contributed by atoms with Gasteiger partial charge in [-0.1, -0.05) is 11.2 Å². The Morgan fingerprint density at radius 2 is 2.00 bits per heavy atom. The van der Waals surface area contributed by atoms with Crippen LogP contribution >= 0.6 is 0 Å². The van der Waals surface area contributed by atoms with Gasteiger partial charge in [-0.2, -0.15) is 4.98 Å². The highest BCUT2D eigenvalue weighted by atomic mass is 16.5. The maximum Gasteiger partial charge on any atom is 0.337 e. The number of rotatable bonds is 6. The Morgan fingerprint density at radius 1 is 1.19 bits per heavy atom. The van der Waals surface area contributed by atoms with Crippen molar-refractivity contribution in [3.63, 3.8) is 0 Å². The van der Waals surface area contributed by atoms with Crippen LogP contribution < -0.4 is 5.32 Å². The van der Waals surface area contributed by atoms with Crippen molar-refractivity contribution in [2.24, 2.45) is 0 Å². The van der Waals surface area contributed by atoms with Gasteiger partial charge in [0.25, 0.3) is 0 Å². The van der Waals surface area contributed by atoms with E-state index in [9.17, 15) is 9.59 Å². The normalized spacial score (nSPS) is 10.3. The molecule has 0 unspecified atom stereocenters. The maximum atomic E-state index is 12.1. The van der Waals surface area contributed by atoms with Crippen LogP contribution in [0, 0.1) is 0 Å². The number of amides is 1. The second-order valence-corrected chi connectivity index (χ2v) is 5.37. The van der Waals surface area contributed by atoms with E-state index in [1.807, 2.05) is 0 Å². The van der Waals surface area contributed by atoms with Crippen molar-refractivity contribution in [2.75, 3.05) is 12.4 Å². The molecule has 1 N–H and O–H groups in total. The fourth-order valence-corrected chi connectivity index (χ4v) is 2.26. The predicted octanol–water partition coefficient (Wildman–Crippen LogP) is 2.49. The maximum absolute atomic E-state index is 12.1. The highest BCUT2D eigenvalue weighted by Gasteiger charge is 2.12. The molecule has 2 aromatic heterocycles. The van der Waals surface area contributed by atoms with Crippen molar-refractivity contribution in [1.29, 1.82) is 0 Å². The number of hydrogen-bond acceptors (Lipinski definition) is 7. The molecule has 0 aliphatic carbocycles. The van der Waals surface area contributed by atoms with E-state index in [1.165, 1.54) is 7.11 Å². The zero-order valence-electron chi connectivity index (χ0n) is 14.0. The number of anilines is 1. The summed E-state index contributed by atoms with van der Waals surface area (Å²) in [6, 6.07) is 10.1. The Kier molecular flexibility index (Phi) is 5.33. The quantitative estimate of drug-likeness (QED) is 0.679. The van der Waals surface area contributed by atoms with Crippen LogP contribution in [0.1, 0.15) is 22.7 Å². The third-order valence-corrected chi connectivity index (χ3v) is 3.54. The Hall–Kier alpha value is -3.55. The summed E-state index contributed by atoms with van der Waals surface area (Å²) in [4.78, 5) is 31.8. The number of pyridine rings is 1. The van der Waals surface area contributed by atoms with Crippen molar-refractivity contribution in [3.05, 3.63) is 60.2 Å². The van der Waals surface area contributed by atoms with E-state index < -0.39 is 5.97 Å². The van der Waals surface area contributed by atoms with E-state index in [0.717, 1.165) is 5.56 Å². The van der Waals surface area contributed by atoms with E-state index in [4.69, 9.17) is 4.52 Å². The van der Waals surface area contributed by atoms with Crippen LogP contribution in [0.4, 0.5) is 5.69 Å². The molecule has 0 radical (unpaired) electrons. The van der Waals surface area contributed by atoms with Gasteiger partial charge in [0, 0.05) is 36.5 Å². The van der Waals surface area contributed by atoms with Gasteiger partial charge in [-0.15, -0.1) is 0 Å². The Balaban J connectivity index is 1.56. The molecule has 0 aliphatic rings. The fraction of sp³-hybridized carbons (Fsp3) is 0.167. The van der Waals surface area contributed by atoms with Gasteiger partial charge < -0.3 is 14.6 Å². The largest absolute Gasteiger partial charge is 0.465 e. The summed E-state index contributed by atoms with van der Waals surface area (Å²) in [5.74, 6) is 0.134. The molecule has 8 nitrogen and oxygen atoms in total. The molecule has 0 fully saturated rings. The van der Waals surface area contributed by atoms with Crippen LogP contribution in [0.15, 0.2) is 53.3 Å². The van der Waals surface area contributed by atoms with Gasteiger partial charge in [0.2, 0.25) is 17.6 Å². The van der Waals surface area contributed by atoms with E-state index in [1.54, 1.807) is 48.8 Å². The zero-order valence-corrected chi connectivity index (χ0v) is 14.0. The summed E-state index contributed by atoms with van der Waals surface area (Å²) in [7, 11) is 1.30. The molecular weight excluding hydrogens is 336 g/mol. The van der Waals surface area contributed by atoms with Gasteiger partial charge in [0.15, 0.2) is 0 Å². The molecule has 26 heavy (non-hydrogen) atoms. The lowest BCUT2D eigenvalue weighted by molar-refractivity contribution is -0.116. The third kappa shape index (κ3) is 4.29. The average Bonchev–Trinajstić information content (AvgIpc) is 3.16. The van der Waals surface area contributed by atoms with Crippen LogP contribution in [0.3, 0.4) is 0 Å². The number of aromatic nitrogens is 3. The van der Waals surface area contributed by atoms with Crippen LogP contribution in [0.25, 0.3) is 11.4 Å².